The fourth-order valence-electron chi connectivity index (χ4n) is 2.75. The summed E-state index contributed by atoms with van der Waals surface area (Å²) in [4.78, 5) is 20.6. The number of carbonyl (C=O) groups is 1. The first-order valence-corrected chi connectivity index (χ1v) is 10.6. The molecule has 7 heteroatoms. The molecule has 1 heterocycles. The lowest BCUT2D eigenvalue weighted by Gasteiger charge is -2.13. The minimum Gasteiger partial charge on any atom is -0.339 e. The minimum absolute atomic E-state index is 0.0190. The molecule has 0 aliphatic rings. The lowest BCUT2D eigenvalue weighted by Crippen LogP contribution is -2.04. The molecule has 0 saturated carbocycles. The summed E-state index contributed by atoms with van der Waals surface area (Å²) in [6, 6.07) is 15.0. The van der Waals surface area contributed by atoms with Crippen molar-refractivity contribution >= 4 is 29.1 Å². The van der Waals surface area contributed by atoms with Gasteiger partial charge in [-0.3, -0.25) is 4.79 Å². The fraction of sp³-hybridized carbons (Fsp3) is 0.217. The second kappa shape index (κ2) is 9.99. The van der Waals surface area contributed by atoms with Gasteiger partial charge in [0, 0.05) is 22.6 Å². The number of Topliss-reactive ketones (excluding diaryl/α,β-unsaturated/α-hetero) is 1. The number of aromatic nitrogens is 2. The fourth-order valence-corrected chi connectivity index (χ4v) is 3.68. The number of thioether (sulfide) groups is 1. The van der Waals surface area contributed by atoms with Crippen molar-refractivity contribution in [3.05, 3.63) is 65.5 Å². The first kappa shape index (κ1) is 21.5. The summed E-state index contributed by atoms with van der Waals surface area (Å²) in [5.74, 6) is 0.863. The number of benzene rings is 2. The molecule has 2 aromatic carbocycles. The van der Waals surface area contributed by atoms with Crippen molar-refractivity contribution in [2.75, 3.05) is 11.1 Å². The Bertz CT molecular complexity index is 1080. The number of hydrogen-bond acceptors (Lipinski definition) is 6. The molecule has 0 bridgehead atoms. The van der Waals surface area contributed by atoms with Crippen LogP contribution in [-0.2, 0) is 0 Å². The van der Waals surface area contributed by atoms with E-state index in [1.54, 1.807) is 36.4 Å². The highest BCUT2D eigenvalue weighted by Crippen LogP contribution is 2.31. The highest BCUT2D eigenvalue weighted by Gasteiger charge is 2.17. The third-order valence-corrected chi connectivity index (χ3v) is 5.33. The van der Waals surface area contributed by atoms with Crippen molar-refractivity contribution in [1.82, 2.24) is 9.97 Å². The summed E-state index contributed by atoms with van der Waals surface area (Å²) in [5, 5.41) is 13.5. The first-order chi connectivity index (χ1) is 14.5. The molecule has 0 radical (unpaired) electrons. The molecule has 0 unspecified atom stereocenters. The molecule has 152 valence electrons. The lowest BCUT2D eigenvalue weighted by atomic mass is 10.1. The van der Waals surface area contributed by atoms with Crippen molar-refractivity contribution in [2.24, 2.45) is 0 Å². The number of halogens is 1. The van der Waals surface area contributed by atoms with E-state index in [1.807, 2.05) is 0 Å². The highest BCUT2D eigenvalue weighted by atomic mass is 32.2. The zero-order chi connectivity index (χ0) is 21.5. The van der Waals surface area contributed by atoms with E-state index in [4.69, 9.17) is 0 Å². The van der Waals surface area contributed by atoms with E-state index in [9.17, 15) is 14.4 Å². The van der Waals surface area contributed by atoms with Crippen LogP contribution in [0.2, 0.25) is 0 Å². The number of unbranched alkanes of at least 4 members (excludes halogenated alkanes) is 1. The monoisotopic (exact) mass is 420 g/mol. The second-order valence-corrected chi connectivity index (χ2v) is 7.72. The maximum atomic E-state index is 13.4. The van der Waals surface area contributed by atoms with Crippen LogP contribution in [0.1, 0.15) is 42.6 Å². The van der Waals surface area contributed by atoms with Crippen molar-refractivity contribution in [3.8, 4) is 17.3 Å². The van der Waals surface area contributed by atoms with Gasteiger partial charge in [0.2, 0.25) is 0 Å². The summed E-state index contributed by atoms with van der Waals surface area (Å²) < 4.78 is 13.4. The van der Waals surface area contributed by atoms with Gasteiger partial charge in [-0.1, -0.05) is 25.1 Å². The quantitative estimate of drug-likeness (QED) is 0.209. The summed E-state index contributed by atoms with van der Waals surface area (Å²) in [6.07, 6.45) is 2.08. The number of nitriles is 1. The van der Waals surface area contributed by atoms with Gasteiger partial charge >= 0.3 is 0 Å². The number of hydrogen-bond donors (Lipinski definition) is 1. The third-order valence-electron chi connectivity index (χ3n) is 4.40. The molecule has 0 spiro atoms. The van der Waals surface area contributed by atoms with Crippen molar-refractivity contribution in [3.63, 3.8) is 0 Å². The Labute approximate surface area is 179 Å². The summed E-state index contributed by atoms with van der Waals surface area (Å²) in [5.41, 5.74) is 2.67. The Hall–Kier alpha value is -3.24. The average Bonchev–Trinajstić information content (AvgIpc) is 2.74. The SMILES string of the molecule is CCCCSc1nc(Nc2ccc(C(C)=O)cc2)c(C#N)c(-c2ccc(F)cc2)n1. The van der Waals surface area contributed by atoms with Gasteiger partial charge in [0.25, 0.3) is 0 Å². The van der Waals surface area contributed by atoms with Crippen LogP contribution in [0.3, 0.4) is 0 Å². The largest absolute Gasteiger partial charge is 0.339 e. The van der Waals surface area contributed by atoms with E-state index in [0.717, 1.165) is 18.6 Å². The van der Waals surface area contributed by atoms with Crippen molar-refractivity contribution in [1.29, 1.82) is 5.26 Å². The Morgan fingerprint density at radius 3 is 2.43 bits per heavy atom. The van der Waals surface area contributed by atoms with E-state index >= 15 is 0 Å². The highest BCUT2D eigenvalue weighted by molar-refractivity contribution is 7.99. The van der Waals surface area contributed by atoms with E-state index in [-0.39, 0.29) is 17.2 Å². The van der Waals surface area contributed by atoms with Gasteiger partial charge in [0.05, 0.1) is 5.69 Å². The molecule has 30 heavy (non-hydrogen) atoms. The van der Waals surface area contributed by atoms with Gasteiger partial charge in [0.15, 0.2) is 16.8 Å². The summed E-state index contributed by atoms with van der Waals surface area (Å²) in [7, 11) is 0. The molecule has 5 nitrogen and oxygen atoms in total. The van der Waals surface area contributed by atoms with Crippen molar-refractivity contribution < 1.29 is 9.18 Å². The van der Waals surface area contributed by atoms with Gasteiger partial charge in [-0.15, -0.1) is 0 Å². The number of anilines is 2. The van der Waals surface area contributed by atoms with Crippen LogP contribution in [0.5, 0.6) is 0 Å². The molecule has 0 aliphatic carbocycles. The maximum Gasteiger partial charge on any atom is 0.190 e. The van der Waals surface area contributed by atoms with E-state index in [2.05, 4.69) is 28.3 Å². The molecular weight excluding hydrogens is 399 g/mol. The Balaban J connectivity index is 2.03. The molecule has 3 rings (SSSR count). The van der Waals surface area contributed by atoms with Gasteiger partial charge in [0.1, 0.15) is 17.4 Å². The molecule has 0 amide bonds. The molecule has 0 aliphatic heterocycles. The van der Waals surface area contributed by atoms with Gasteiger partial charge in [-0.05, 0) is 61.9 Å². The minimum atomic E-state index is -0.354. The Kier molecular flexibility index (Phi) is 7.15. The zero-order valence-corrected chi connectivity index (χ0v) is 17.6. The Morgan fingerprint density at radius 1 is 1.13 bits per heavy atom. The van der Waals surface area contributed by atoms with Crippen LogP contribution < -0.4 is 5.32 Å². The first-order valence-electron chi connectivity index (χ1n) is 9.60. The number of carbonyl (C=O) groups excluding carboxylic acids is 1. The van der Waals surface area contributed by atoms with Crippen LogP contribution in [0, 0.1) is 17.1 Å². The standard InChI is InChI=1S/C23H21FN4OS/c1-3-4-13-30-23-27-21(17-5-9-18(24)10-6-17)20(14-25)22(28-23)26-19-11-7-16(8-12-19)15(2)29/h5-12H,3-4,13H2,1-2H3,(H,26,27,28). The third kappa shape index (κ3) is 5.22. The molecule has 1 N–H and O–H groups in total. The summed E-state index contributed by atoms with van der Waals surface area (Å²) >= 11 is 1.52. The molecule has 0 atom stereocenters. The van der Waals surface area contributed by atoms with Crippen LogP contribution in [-0.4, -0.2) is 21.5 Å². The maximum absolute atomic E-state index is 13.4. The van der Waals surface area contributed by atoms with E-state index < -0.39 is 0 Å². The van der Waals surface area contributed by atoms with Crippen molar-refractivity contribution in [2.45, 2.75) is 31.8 Å². The van der Waals surface area contributed by atoms with Gasteiger partial charge in [-0.2, -0.15) is 5.26 Å². The number of nitrogens with zero attached hydrogens (tertiary/aromatic N) is 3. The number of nitrogens with one attached hydrogen (secondary N) is 1. The predicted molar refractivity (Wildman–Crippen MR) is 118 cm³/mol. The van der Waals surface area contributed by atoms with Crippen LogP contribution in [0.15, 0.2) is 53.7 Å². The van der Waals surface area contributed by atoms with Gasteiger partial charge in [-0.25, -0.2) is 14.4 Å². The predicted octanol–water partition coefficient (Wildman–Crippen LogP) is 5.99. The van der Waals surface area contributed by atoms with Crippen LogP contribution in [0.25, 0.3) is 11.3 Å². The topological polar surface area (TPSA) is 78.7 Å². The van der Waals surface area contributed by atoms with Crippen LogP contribution in [0.4, 0.5) is 15.9 Å². The normalized spacial score (nSPS) is 10.5. The second-order valence-electron chi connectivity index (χ2n) is 6.66. The number of ketones is 1. The molecule has 0 fully saturated rings. The molecule has 0 saturated heterocycles. The molecule has 1 aromatic heterocycles. The summed E-state index contributed by atoms with van der Waals surface area (Å²) in [6.45, 7) is 3.62. The average molecular weight is 421 g/mol. The van der Waals surface area contributed by atoms with E-state index in [1.165, 1.54) is 30.8 Å². The zero-order valence-electron chi connectivity index (χ0n) is 16.8. The Morgan fingerprint density at radius 2 is 1.83 bits per heavy atom. The molecule has 3 aromatic rings. The lowest BCUT2D eigenvalue weighted by molar-refractivity contribution is 0.101. The molecular formula is C23H21FN4OS. The van der Waals surface area contributed by atoms with Gasteiger partial charge < -0.3 is 5.32 Å². The van der Waals surface area contributed by atoms with Crippen LogP contribution >= 0.6 is 11.8 Å². The number of rotatable bonds is 8. The smallest absolute Gasteiger partial charge is 0.190 e. The van der Waals surface area contributed by atoms with E-state index in [0.29, 0.717) is 33.5 Å².